The van der Waals surface area contributed by atoms with Crippen molar-refractivity contribution >= 4 is 28.4 Å². The van der Waals surface area contributed by atoms with Gasteiger partial charge in [-0.05, 0) is 38.1 Å². The molecule has 0 saturated heterocycles. The van der Waals surface area contributed by atoms with Gasteiger partial charge in [-0.1, -0.05) is 11.6 Å². The van der Waals surface area contributed by atoms with Crippen molar-refractivity contribution in [3.8, 4) is 0 Å². The highest BCUT2D eigenvalue weighted by Crippen LogP contribution is 2.30. The lowest BCUT2D eigenvalue weighted by Gasteiger charge is -2.27. The first kappa shape index (κ1) is 18.1. The number of fused-ring (bicyclic) bond motifs is 3. The quantitative estimate of drug-likeness (QED) is 0.682. The second kappa shape index (κ2) is 7.37. The third-order valence-corrected chi connectivity index (χ3v) is 5.23. The number of ether oxygens (including phenoxy) is 1. The van der Waals surface area contributed by atoms with Gasteiger partial charge in [0.25, 0.3) is 5.91 Å². The number of halogens is 1. The maximum Gasteiger partial charge on any atom is 0.272 e. The molecule has 0 aliphatic carbocycles. The monoisotopic (exact) mass is 386 g/mol. The summed E-state index contributed by atoms with van der Waals surface area (Å²) in [7, 11) is 0. The zero-order valence-electron chi connectivity index (χ0n) is 15.6. The molecule has 1 aliphatic rings. The Morgan fingerprint density at radius 1 is 1.37 bits per heavy atom. The van der Waals surface area contributed by atoms with Crippen LogP contribution in [-0.2, 0) is 24.2 Å². The van der Waals surface area contributed by atoms with Crippen LogP contribution in [0, 0.1) is 6.92 Å². The van der Waals surface area contributed by atoms with Crippen LogP contribution < -0.4 is 0 Å². The summed E-state index contributed by atoms with van der Waals surface area (Å²) in [5.74, 6) is 0.00845. The molecule has 3 aromatic rings. The molecule has 2 aromatic heterocycles. The third-order valence-electron chi connectivity index (χ3n) is 5.00. The highest BCUT2D eigenvalue weighted by atomic mass is 35.5. The van der Waals surface area contributed by atoms with Crippen molar-refractivity contribution in [2.45, 2.75) is 33.4 Å². The van der Waals surface area contributed by atoms with Gasteiger partial charge >= 0.3 is 0 Å². The van der Waals surface area contributed by atoms with Crippen molar-refractivity contribution in [3.05, 3.63) is 51.9 Å². The van der Waals surface area contributed by atoms with Gasteiger partial charge in [-0.3, -0.25) is 9.48 Å². The third kappa shape index (κ3) is 3.47. The molecule has 6 nitrogen and oxygen atoms in total. The summed E-state index contributed by atoms with van der Waals surface area (Å²) in [5, 5.41) is 6.26. The normalized spacial score (nSPS) is 14.0. The lowest BCUT2D eigenvalue weighted by molar-refractivity contribution is 0.0717. The van der Waals surface area contributed by atoms with E-state index in [2.05, 4.69) is 10.1 Å². The SMILES string of the molecule is CCOCCn1nc(C)cc1C(=O)N1CCc2[nH]c3ccc(Cl)cc3c2C1. The predicted octanol–water partition coefficient (Wildman–Crippen LogP) is 3.56. The number of benzene rings is 1. The molecule has 0 saturated carbocycles. The number of aromatic amines is 1. The summed E-state index contributed by atoms with van der Waals surface area (Å²) in [6.07, 6.45) is 0.805. The average molecular weight is 387 g/mol. The summed E-state index contributed by atoms with van der Waals surface area (Å²) in [4.78, 5) is 18.5. The first-order chi connectivity index (χ1) is 13.1. The van der Waals surface area contributed by atoms with Crippen molar-refractivity contribution in [2.24, 2.45) is 0 Å². The number of aryl methyl sites for hydroxylation is 1. The van der Waals surface area contributed by atoms with Crippen LogP contribution in [0.2, 0.25) is 5.02 Å². The van der Waals surface area contributed by atoms with Gasteiger partial charge in [-0.25, -0.2) is 0 Å². The van der Waals surface area contributed by atoms with Crippen LogP contribution in [0.3, 0.4) is 0 Å². The van der Waals surface area contributed by atoms with E-state index in [1.165, 1.54) is 5.69 Å². The van der Waals surface area contributed by atoms with Crippen LogP contribution in [0.5, 0.6) is 0 Å². The Kier molecular flexibility index (Phi) is 4.93. The summed E-state index contributed by atoms with van der Waals surface area (Å²) in [6, 6.07) is 7.70. The maximum atomic E-state index is 13.2. The van der Waals surface area contributed by atoms with Crippen molar-refractivity contribution in [3.63, 3.8) is 0 Å². The number of rotatable bonds is 5. The van der Waals surface area contributed by atoms with Gasteiger partial charge in [0.1, 0.15) is 5.69 Å². The van der Waals surface area contributed by atoms with Crippen molar-refractivity contribution in [1.82, 2.24) is 19.7 Å². The first-order valence-electron chi connectivity index (χ1n) is 9.27. The number of carbonyl (C=O) groups excluding carboxylic acids is 1. The number of H-pyrrole nitrogens is 1. The molecule has 1 aromatic carbocycles. The number of amides is 1. The summed E-state index contributed by atoms with van der Waals surface area (Å²) < 4.78 is 7.18. The van der Waals surface area contributed by atoms with Gasteiger partial charge < -0.3 is 14.6 Å². The standard InChI is InChI=1S/C20H23ClN4O2/c1-3-27-9-8-25-19(10-13(2)23-25)20(26)24-7-6-18-16(12-24)15-11-14(21)4-5-17(15)22-18/h4-5,10-11,22H,3,6-9,12H2,1-2H3. The molecular formula is C20H23ClN4O2. The van der Waals surface area contributed by atoms with Crippen LogP contribution in [-0.4, -0.2) is 45.3 Å². The fourth-order valence-corrected chi connectivity index (χ4v) is 3.88. The Morgan fingerprint density at radius 2 is 2.22 bits per heavy atom. The van der Waals surface area contributed by atoms with E-state index in [-0.39, 0.29) is 5.91 Å². The Bertz CT molecular complexity index is 991. The number of carbonyl (C=O) groups is 1. The maximum absolute atomic E-state index is 13.2. The van der Waals surface area contributed by atoms with E-state index < -0.39 is 0 Å². The number of nitrogens with one attached hydrogen (secondary N) is 1. The van der Waals surface area contributed by atoms with E-state index in [4.69, 9.17) is 16.3 Å². The molecule has 1 aliphatic heterocycles. The zero-order chi connectivity index (χ0) is 19.0. The number of nitrogens with zero attached hydrogens (tertiary/aromatic N) is 3. The van der Waals surface area contributed by atoms with Crippen LogP contribution in [0.15, 0.2) is 24.3 Å². The predicted molar refractivity (Wildman–Crippen MR) is 105 cm³/mol. The Hall–Kier alpha value is -2.31. The summed E-state index contributed by atoms with van der Waals surface area (Å²) in [5.41, 5.74) is 4.87. The van der Waals surface area contributed by atoms with Crippen molar-refractivity contribution in [1.29, 1.82) is 0 Å². The molecule has 4 rings (SSSR count). The molecule has 0 unspecified atom stereocenters. The van der Waals surface area contributed by atoms with Crippen LogP contribution in [0.4, 0.5) is 0 Å². The van der Waals surface area contributed by atoms with E-state index >= 15 is 0 Å². The highest BCUT2D eigenvalue weighted by molar-refractivity contribution is 6.31. The minimum atomic E-state index is 0.00845. The molecule has 0 atom stereocenters. The lowest BCUT2D eigenvalue weighted by atomic mass is 10.0. The van der Waals surface area contributed by atoms with E-state index in [1.807, 2.05) is 43.0 Å². The van der Waals surface area contributed by atoms with Crippen LogP contribution >= 0.6 is 11.6 Å². The molecule has 0 spiro atoms. The lowest BCUT2D eigenvalue weighted by Crippen LogP contribution is -2.37. The van der Waals surface area contributed by atoms with Gasteiger partial charge in [0.05, 0.1) is 18.8 Å². The van der Waals surface area contributed by atoms with Crippen LogP contribution in [0.1, 0.15) is 34.4 Å². The van der Waals surface area contributed by atoms with E-state index in [1.54, 1.807) is 4.68 Å². The summed E-state index contributed by atoms with van der Waals surface area (Å²) in [6.45, 7) is 6.89. The van der Waals surface area contributed by atoms with Gasteiger partial charge in [-0.15, -0.1) is 0 Å². The van der Waals surface area contributed by atoms with Crippen molar-refractivity contribution in [2.75, 3.05) is 19.8 Å². The van der Waals surface area contributed by atoms with Crippen LogP contribution in [0.25, 0.3) is 10.9 Å². The Morgan fingerprint density at radius 3 is 3.04 bits per heavy atom. The fraction of sp³-hybridized carbons (Fsp3) is 0.400. The van der Waals surface area contributed by atoms with E-state index in [9.17, 15) is 4.79 Å². The summed E-state index contributed by atoms with van der Waals surface area (Å²) >= 11 is 6.18. The number of hydrogen-bond acceptors (Lipinski definition) is 3. The molecule has 0 radical (unpaired) electrons. The van der Waals surface area contributed by atoms with E-state index in [0.717, 1.165) is 28.6 Å². The van der Waals surface area contributed by atoms with Gasteiger partial charge in [-0.2, -0.15) is 5.10 Å². The second-order valence-electron chi connectivity index (χ2n) is 6.84. The number of hydrogen-bond donors (Lipinski definition) is 1. The first-order valence-corrected chi connectivity index (χ1v) is 9.65. The second-order valence-corrected chi connectivity index (χ2v) is 7.28. The molecule has 142 valence electrons. The molecule has 27 heavy (non-hydrogen) atoms. The minimum absolute atomic E-state index is 0.00845. The fourth-order valence-electron chi connectivity index (χ4n) is 3.71. The topological polar surface area (TPSA) is 63.2 Å². The molecule has 7 heteroatoms. The van der Waals surface area contributed by atoms with Gasteiger partial charge in [0.15, 0.2) is 0 Å². The zero-order valence-corrected chi connectivity index (χ0v) is 16.3. The molecule has 0 bridgehead atoms. The van der Waals surface area contributed by atoms with E-state index in [0.29, 0.717) is 43.6 Å². The Labute approximate surface area is 163 Å². The number of aromatic nitrogens is 3. The Balaban J connectivity index is 1.60. The smallest absolute Gasteiger partial charge is 0.272 e. The van der Waals surface area contributed by atoms with Gasteiger partial charge in [0, 0.05) is 53.3 Å². The average Bonchev–Trinajstić information content (AvgIpc) is 3.21. The minimum Gasteiger partial charge on any atom is -0.380 e. The molecule has 1 N–H and O–H groups in total. The van der Waals surface area contributed by atoms with Gasteiger partial charge in [0.2, 0.25) is 0 Å². The molecular weight excluding hydrogens is 364 g/mol. The molecule has 0 fully saturated rings. The largest absolute Gasteiger partial charge is 0.380 e. The highest BCUT2D eigenvalue weighted by Gasteiger charge is 2.27. The molecule has 1 amide bonds. The van der Waals surface area contributed by atoms with Crippen molar-refractivity contribution < 1.29 is 9.53 Å². The molecule has 3 heterocycles.